The summed E-state index contributed by atoms with van der Waals surface area (Å²) in [4.78, 5) is 25.9. The van der Waals surface area contributed by atoms with Gasteiger partial charge in [0.2, 0.25) is 0 Å². The van der Waals surface area contributed by atoms with E-state index in [2.05, 4.69) is 9.72 Å². The molecule has 5 N–H and O–H groups in total. The molecule has 2 heterocycles. The van der Waals surface area contributed by atoms with Crippen LogP contribution in [0.4, 0.5) is 0 Å². The number of aliphatic carboxylic acids is 1. The fourth-order valence-electron chi connectivity index (χ4n) is 2.62. The minimum atomic E-state index is -1.81. The molecule has 0 bridgehead atoms. The van der Waals surface area contributed by atoms with Crippen molar-refractivity contribution in [2.45, 2.75) is 30.7 Å². The fourth-order valence-corrected chi connectivity index (χ4v) is 2.62. The highest BCUT2D eigenvalue weighted by atomic mass is 16.6. The normalized spacial score (nSPS) is 27.2. The Balaban J connectivity index is 0.000000163. The average molecular weight is 391 g/mol. The van der Waals surface area contributed by atoms with E-state index >= 15 is 0 Å². The Labute approximate surface area is 157 Å². The minimum Gasteiger partial charge on any atom is -0.479 e. The van der Waals surface area contributed by atoms with E-state index in [-0.39, 0.29) is 5.43 Å². The van der Waals surface area contributed by atoms with E-state index in [1.54, 1.807) is 6.07 Å². The first kappa shape index (κ1) is 19.9. The summed E-state index contributed by atoms with van der Waals surface area (Å²) in [6, 6.07) is 12.1. The molecule has 1 fully saturated rings. The molecule has 10 nitrogen and oxygen atoms in total. The van der Waals surface area contributed by atoms with Crippen LogP contribution in [0.25, 0.3) is 22.6 Å². The number of nitrogens with zero attached hydrogens (tertiary/aromatic N) is 1. The second-order valence-corrected chi connectivity index (χ2v) is 6.07. The molecule has 1 saturated heterocycles. The molecular weight excluding hydrogens is 374 g/mol. The van der Waals surface area contributed by atoms with Gasteiger partial charge in [-0.15, -0.1) is 0 Å². The number of para-hydroxylation sites is 2. The summed E-state index contributed by atoms with van der Waals surface area (Å²) in [7, 11) is 0. The number of carbonyl (C=O) groups is 1. The van der Waals surface area contributed by atoms with Crippen molar-refractivity contribution in [3.63, 3.8) is 0 Å². The zero-order valence-electron chi connectivity index (χ0n) is 14.2. The van der Waals surface area contributed by atoms with E-state index in [0.29, 0.717) is 17.0 Å². The highest BCUT2D eigenvalue weighted by molar-refractivity contribution is 5.75. The second-order valence-electron chi connectivity index (χ2n) is 6.07. The number of hydrogen-bond donors (Lipinski definition) is 5. The first-order valence-corrected chi connectivity index (χ1v) is 8.18. The third-order valence-corrected chi connectivity index (χ3v) is 4.09. The topological polar surface area (TPSA) is 171 Å². The molecule has 0 saturated carbocycles. The van der Waals surface area contributed by atoms with Gasteiger partial charge in [0, 0.05) is 6.07 Å². The van der Waals surface area contributed by atoms with Gasteiger partial charge in [-0.25, -0.2) is 9.78 Å². The predicted molar refractivity (Wildman–Crippen MR) is 93.4 cm³/mol. The summed E-state index contributed by atoms with van der Waals surface area (Å²) in [6.07, 6.45) is -8.72. The molecule has 0 radical (unpaired) electrons. The van der Waals surface area contributed by atoms with E-state index in [9.17, 15) is 9.59 Å². The van der Waals surface area contributed by atoms with Gasteiger partial charge in [0.1, 0.15) is 29.5 Å². The lowest BCUT2D eigenvalue weighted by atomic mass is 9.99. The number of ether oxygens (including phenoxy) is 1. The van der Waals surface area contributed by atoms with Gasteiger partial charge < -0.3 is 34.7 Å². The van der Waals surface area contributed by atoms with Crippen LogP contribution in [0.3, 0.4) is 0 Å². The Hall–Kier alpha value is -2.89. The van der Waals surface area contributed by atoms with Crippen molar-refractivity contribution in [3.8, 4) is 11.5 Å². The number of carboxylic acid groups (broad SMARTS) is 1. The van der Waals surface area contributed by atoms with Crippen LogP contribution in [0.2, 0.25) is 0 Å². The minimum absolute atomic E-state index is 0.0664. The number of hydrogen-bond acceptors (Lipinski definition) is 9. The molecule has 2 aliphatic heterocycles. The van der Waals surface area contributed by atoms with E-state index in [1.807, 2.05) is 24.3 Å². The first-order chi connectivity index (χ1) is 13.3. The Morgan fingerprint density at radius 3 is 2.39 bits per heavy atom. The lowest BCUT2D eigenvalue weighted by Gasteiger charge is -2.36. The van der Waals surface area contributed by atoms with Crippen LogP contribution in [0.5, 0.6) is 0 Å². The molecule has 10 heteroatoms. The zero-order chi connectivity index (χ0) is 20.4. The molecule has 0 unspecified atom stereocenters. The van der Waals surface area contributed by atoms with Crippen LogP contribution >= 0.6 is 0 Å². The maximum atomic E-state index is 11.1. The summed E-state index contributed by atoms with van der Waals surface area (Å²) in [5.74, 6) is -0.987. The lowest BCUT2D eigenvalue weighted by Crippen LogP contribution is -2.59. The van der Waals surface area contributed by atoms with Gasteiger partial charge in [-0.05, 0) is 24.3 Å². The van der Waals surface area contributed by atoms with Crippen molar-refractivity contribution in [2.75, 3.05) is 0 Å². The Kier molecular flexibility index (Phi) is 5.68. The van der Waals surface area contributed by atoms with E-state index in [0.717, 1.165) is 5.52 Å². The van der Waals surface area contributed by atoms with Crippen molar-refractivity contribution < 1.29 is 39.5 Å². The van der Waals surface area contributed by atoms with Gasteiger partial charge >= 0.3 is 5.97 Å². The third-order valence-electron chi connectivity index (χ3n) is 4.09. The SMILES string of the molecule is O=C(O)[C@H]1O[C@@H](O)[C@H](O)[C@@H](O)[C@@H]1O.O=c1ccc2nc3ccccc3oc-2c1. The number of benzene rings is 2. The van der Waals surface area contributed by atoms with Gasteiger partial charge in [-0.2, -0.15) is 0 Å². The van der Waals surface area contributed by atoms with Gasteiger partial charge in [0.25, 0.3) is 0 Å². The average Bonchev–Trinajstić information content (AvgIpc) is 2.67. The Bertz CT molecular complexity index is 1000. The van der Waals surface area contributed by atoms with Gasteiger partial charge in [0.15, 0.2) is 29.2 Å². The molecule has 4 rings (SSSR count). The second kappa shape index (κ2) is 8.00. The van der Waals surface area contributed by atoms with Crippen molar-refractivity contribution in [1.29, 1.82) is 0 Å². The van der Waals surface area contributed by atoms with Gasteiger partial charge in [0.05, 0.1) is 0 Å². The fraction of sp³-hybridized carbons (Fsp3) is 0.278. The number of aromatic nitrogens is 1. The molecule has 148 valence electrons. The lowest BCUT2D eigenvalue weighted by molar-refractivity contribution is -0.279. The molecular formula is C18H17NO9. The molecule has 1 aromatic rings. The molecule has 1 aromatic carbocycles. The largest absolute Gasteiger partial charge is 0.479 e. The van der Waals surface area contributed by atoms with Gasteiger partial charge in [-0.1, -0.05) is 12.1 Å². The standard InChI is InChI=1S/C12H7NO2.C6H10O7/c14-8-5-6-10-12(7-8)15-11-4-2-1-3-9(11)13-10;7-1-2(8)4(5(10)11)13-6(12)3(1)9/h1-7H;1-4,6-9,12H,(H,10,11)/t;1-,2-,3+,4-,6+/m.0/s1. The van der Waals surface area contributed by atoms with Crippen molar-refractivity contribution in [1.82, 2.24) is 4.98 Å². The van der Waals surface area contributed by atoms with Crippen molar-refractivity contribution in [2.24, 2.45) is 0 Å². The molecule has 0 aromatic heterocycles. The van der Waals surface area contributed by atoms with Crippen molar-refractivity contribution >= 4 is 17.1 Å². The van der Waals surface area contributed by atoms with Crippen LogP contribution in [0, 0.1) is 0 Å². The number of aliphatic hydroxyl groups excluding tert-OH is 4. The molecule has 28 heavy (non-hydrogen) atoms. The number of carboxylic acids is 1. The van der Waals surface area contributed by atoms with Crippen molar-refractivity contribution in [3.05, 3.63) is 52.7 Å². The summed E-state index contributed by atoms with van der Waals surface area (Å²) in [6.45, 7) is 0. The Morgan fingerprint density at radius 1 is 0.964 bits per heavy atom. The van der Waals surface area contributed by atoms with Crippen LogP contribution < -0.4 is 5.43 Å². The Morgan fingerprint density at radius 2 is 1.68 bits per heavy atom. The van der Waals surface area contributed by atoms with Crippen LogP contribution in [0.1, 0.15) is 0 Å². The maximum absolute atomic E-state index is 11.1. The molecule has 3 aliphatic rings. The van der Waals surface area contributed by atoms with E-state index in [1.165, 1.54) is 12.1 Å². The smallest absolute Gasteiger partial charge is 0.335 e. The molecule has 5 atom stereocenters. The monoisotopic (exact) mass is 391 g/mol. The summed E-state index contributed by atoms with van der Waals surface area (Å²) in [5, 5.41) is 44.4. The third kappa shape index (κ3) is 4.01. The number of fused-ring (bicyclic) bond motifs is 2. The first-order valence-electron chi connectivity index (χ1n) is 8.18. The predicted octanol–water partition coefficient (Wildman–Crippen LogP) is -0.836. The zero-order valence-corrected chi connectivity index (χ0v) is 14.2. The highest BCUT2D eigenvalue weighted by Gasteiger charge is 2.46. The van der Waals surface area contributed by atoms with Crippen LogP contribution in [0.15, 0.2) is 51.7 Å². The quantitative estimate of drug-likeness (QED) is 0.330. The molecule has 0 spiro atoms. The summed E-state index contributed by atoms with van der Waals surface area (Å²) < 4.78 is 9.90. The number of rotatable bonds is 1. The molecule has 1 aliphatic carbocycles. The molecule has 0 amide bonds. The summed E-state index contributed by atoms with van der Waals surface area (Å²) >= 11 is 0. The van der Waals surface area contributed by atoms with E-state index in [4.69, 9.17) is 29.9 Å². The highest BCUT2D eigenvalue weighted by Crippen LogP contribution is 2.22. The summed E-state index contributed by atoms with van der Waals surface area (Å²) in [5.41, 5.74) is 2.12. The number of aliphatic hydroxyl groups is 4. The van der Waals surface area contributed by atoms with E-state index < -0.39 is 36.7 Å². The maximum Gasteiger partial charge on any atom is 0.335 e. The van der Waals surface area contributed by atoms with Crippen LogP contribution in [-0.2, 0) is 9.53 Å². The van der Waals surface area contributed by atoms with Gasteiger partial charge in [-0.3, -0.25) is 4.79 Å². The van der Waals surface area contributed by atoms with Crippen LogP contribution in [-0.4, -0.2) is 67.2 Å².